The maximum absolute atomic E-state index is 12.7. The van der Waals surface area contributed by atoms with Crippen molar-refractivity contribution in [3.63, 3.8) is 0 Å². The molecule has 0 spiro atoms. The fourth-order valence-electron chi connectivity index (χ4n) is 3.43. The Morgan fingerprint density at radius 3 is 2.54 bits per heavy atom. The predicted molar refractivity (Wildman–Crippen MR) is 107 cm³/mol. The van der Waals surface area contributed by atoms with Gasteiger partial charge in [-0.25, -0.2) is 9.59 Å². The number of rotatable bonds is 7. The third kappa shape index (κ3) is 5.27. The topological polar surface area (TPSA) is 67.9 Å². The van der Waals surface area contributed by atoms with Crippen LogP contribution >= 0.6 is 0 Å². The van der Waals surface area contributed by atoms with Gasteiger partial charge in [0.25, 0.3) is 0 Å². The molecule has 1 aromatic carbocycles. The van der Waals surface area contributed by atoms with Gasteiger partial charge in [-0.1, -0.05) is 43.0 Å². The zero-order chi connectivity index (χ0) is 20.4. The van der Waals surface area contributed by atoms with E-state index >= 15 is 0 Å². The first-order chi connectivity index (χ1) is 13.2. The summed E-state index contributed by atoms with van der Waals surface area (Å²) in [5.41, 5.74) is 0.232. The van der Waals surface area contributed by atoms with Crippen LogP contribution in [-0.2, 0) is 9.47 Å². The van der Waals surface area contributed by atoms with Crippen LogP contribution in [0.1, 0.15) is 51.5 Å². The van der Waals surface area contributed by atoms with Crippen molar-refractivity contribution in [2.24, 2.45) is 0 Å². The van der Waals surface area contributed by atoms with E-state index in [1.165, 1.54) is 5.56 Å². The van der Waals surface area contributed by atoms with Crippen molar-refractivity contribution in [3.05, 3.63) is 48.6 Å². The second-order valence-electron chi connectivity index (χ2n) is 8.72. The molecule has 0 aromatic heterocycles. The summed E-state index contributed by atoms with van der Waals surface area (Å²) >= 11 is 0. The van der Waals surface area contributed by atoms with Gasteiger partial charge in [-0.2, -0.15) is 0 Å². The standard InChI is InChI=1S/C22H30N2O4/c1-5-13-27-20(26)24(18-14-17(18)16-9-7-6-8-10-16)15-22(11-12-22)23-19(25)28-21(2,3)4/h5-10,17-18H,1,11-15H2,2-4H3,(H,23,25). The second-order valence-corrected chi connectivity index (χ2v) is 8.72. The smallest absolute Gasteiger partial charge is 0.410 e. The number of ether oxygens (including phenoxy) is 2. The molecule has 28 heavy (non-hydrogen) atoms. The molecule has 2 atom stereocenters. The summed E-state index contributed by atoms with van der Waals surface area (Å²) < 4.78 is 10.7. The normalized spacial score (nSPS) is 22.0. The van der Waals surface area contributed by atoms with Crippen LogP contribution in [0.3, 0.4) is 0 Å². The van der Waals surface area contributed by atoms with E-state index in [-0.39, 0.29) is 18.7 Å². The number of carbonyl (C=O) groups is 2. The van der Waals surface area contributed by atoms with Crippen molar-refractivity contribution in [1.82, 2.24) is 10.2 Å². The molecule has 6 heteroatoms. The highest BCUT2D eigenvalue weighted by Crippen LogP contribution is 2.47. The Morgan fingerprint density at radius 1 is 1.29 bits per heavy atom. The molecule has 2 amide bonds. The number of hydrogen-bond acceptors (Lipinski definition) is 4. The van der Waals surface area contributed by atoms with Gasteiger partial charge < -0.3 is 19.7 Å². The van der Waals surface area contributed by atoms with Crippen LogP contribution in [-0.4, -0.2) is 47.4 Å². The Morgan fingerprint density at radius 2 is 1.96 bits per heavy atom. The Kier molecular flexibility index (Phi) is 5.68. The summed E-state index contributed by atoms with van der Waals surface area (Å²) in [4.78, 5) is 26.7. The molecular weight excluding hydrogens is 356 g/mol. The third-order valence-electron chi connectivity index (χ3n) is 5.04. The van der Waals surface area contributed by atoms with E-state index in [2.05, 4.69) is 24.0 Å². The lowest BCUT2D eigenvalue weighted by Crippen LogP contribution is -2.50. The lowest BCUT2D eigenvalue weighted by Gasteiger charge is -2.29. The largest absolute Gasteiger partial charge is 0.445 e. The fraction of sp³-hybridized carbons (Fsp3) is 0.545. The quantitative estimate of drug-likeness (QED) is 0.712. The summed E-state index contributed by atoms with van der Waals surface area (Å²) in [6.07, 6.45) is 3.29. The molecule has 2 aliphatic rings. The second kappa shape index (κ2) is 7.86. The van der Waals surface area contributed by atoms with Gasteiger partial charge in [0.15, 0.2) is 0 Å². The molecule has 2 aliphatic carbocycles. The molecule has 0 saturated heterocycles. The van der Waals surface area contributed by atoms with Gasteiger partial charge in [-0.15, -0.1) is 0 Å². The van der Waals surface area contributed by atoms with Crippen LogP contribution < -0.4 is 5.32 Å². The highest BCUT2D eigenvalue weighted by Gasteiger charge is 2.52. The van der Waals surface area contributed by atoms with Gasteiger partial charge >= 0.3 is 12.2 Å². The van der Waals surface area contributed by atoms with Crippen LogP contribution in [0.5, 0.6) is 0 Å². The number of nitrogens with zero attached hydrogens (tertiary/aromatic N) is 1. The molecule has 6 nitrogen and oxygen atoms in total. The Labute approximate surface area is 166 Å². The highest BCUT2D eigenvalue weighted by atomic mass is 16.6. The summed E-state index contributed by atoms with van der Waals surface area (Å²) in [5.74, 6) is 0.301. The molecule has 2 unspecified atom stereocenters. The molecule has 1 aromatic rings. The van der Waals surface area contributed by atoms with E-state index in [9.17, 15) is 9.59 Å². The van der Waals surface area contributed by atoms with E-state index < -0.39 is 17.2 Å². The predicted octanol–water partition coefficient (Wildman–Crippen LogP) is 4.22. The average Bonchev–Trinajstić information content (AvgIpc) is 3.53. The maximum Gasteiger partial charge on any atom is 0.410 e. The first kappa shape index (κ1) is 20.2. The monoisotopic (exact) mass is 386 g/mol. The zero-order valence-corrected chi connectivity index (χ0v) is 16.9. The van der Waals surface area contributed by atoms with Crippen LogP contribution in [0.4, 0.5) is 9.59 Å². The summed E-state index contributed by atoms with van der Waals surface area (Å²) in [5, 5.41) is 2.97. The van der Waals surface area contributed by atoms with Crippen molar-refractivity contribution >= 4 is 12.2 Å². The SMILES string of the molecule is C=CCOC(=O)N(CC1(NC(=O)OC(C)(C)C)CC1)C1CC1c1ccccc1. The third-order valence-corrected chi connectivity index (χ3v) is 5.04. The number of amides is 2. The van der Waals surface area contributed by atoms with E-state index in [0.717, 1.165) is 19.3 Å². The van der Waals surface area contributed by atoms with Gasteiger partial charge in [0.1, 0.15) is 12.2 Å². The number of hydrogen-bond donors (Lipinski definition) is 1. The van der Waals surface area contributed by atoms with Gasteiger partial charge in [-0.05, 0) is 45.6 Å². The van der Waals surface area contributed by atoms with Gasteiger partial charge in [0, 0.05) is 18.5 Å². The number of benzene rings is 1. The van der Waals surface area contributed by atoms with Crippen LogP contribution in [0.15, 0.2) is 43.0 Å². The van der Waals surface area contributed by atoms with Crippen LogP contribution in [0.25, 0.3) is 0 Å². The molecule has 0 heterocycles. The first-order valence-electron chi connectivity index (χ1n) is 9.83. The minimum absolute atomic E-state index is 0.0811. The summed E-state index contributed by atoms with van der Waals surface area (Å²) in [7, 11) is 0. The van der Waals surface area contributed by atoms with Crippen molar-refractivity contribution in [1.29, 1.82) is 0 Å². The molecular formula is C22H30N2O4. The van der Waals surface area contributed by atoms with E-state index in [0.29, 0.717) is 12.5 Å². The summed E-state index contributed by atoms with van der Waals surface area (Å²) in [6.45, 7) is 9.70. The minimum atomic E-state index is -0.558. The molecule has 2 saturated carbocycles. The number of nitrogens with one attached hydrogen (secondary N) is 1. The maximum atomic E-state index is 12.7. The van der Waals surface area contributed by atoms with Crippen molar-refractivity contribution < 1.29 is 19.1 Å². The van der Waals surface area contributed by atoms with Gasteiger partial charge in [0.2, 0.25) is 0 Å². The van der Waals surface area contributed by atoms with Gasteiger partial charge in [-0.3, -0.25) is 0 Å². The molecule has 0 aliphatic heterocycles. The number of alkyl carbamates (subject to hydrolysis) is 1. The van der Waals surface area contributed by atoms with Gasteiger partial charge in [0.05, 0.1) is 5.54 Å². The Balaban J connectivity index is 1.67. The highest BCUT2D eigenvalue weighted by molar-refractivity contribution is 5.71. The molecule has 152 valence electrons. The lowest BCUT2D eigenvalue weighted by atomic mass is 10.1. The van der Waals surface area contributed by atoms with Crippen molar-refractivity contribution in [2.75, 3.05) is 13.2 Å². The van der Waals surface area contributed by atoms with Crippen LogP contribution in [0, 0.1) is 0 Å². The van der Waals surface area contributed by atoms with E-state index in [1.807, 2.05) is 39.0 Å². The zero-order valence-electron chi connectivity index (χ0n) is 16.9. The molecule has 3 rings (SSSR count). The molecule has 0 bridgehead atoms. The Hall–Kier alpha value is -2.50. The van der Waals surface area contributed by atoms with E-state index in [4.69, 9.17) is 9.47 Å². The van der Waals surface area contributed by atoms with Crippen molar-refractivity contribution in [2.45, 2.75) is 63.1 Å². The Bertz CT molecular complexity index is 722. The summed E-state index contributed by atoms with van der Waals surface area (Å²) in [6, 6.07) is 10.3. The molecule has 1 N–H and O–H groups in total. The average molecular weight is 386 g/mol. The molecule has 2 fully saturated rings. The minimum Gasteiger partial charge on any atom is -0.445 e. The first-order valence-corrected chi connectivity index (χ1v) is 9.83. The fourth-order valence-corrected chi connectivity index (χ4v) is 3.43. The van der Waals surface area contributed by atoms with Crippen molar-refractivity contribution in [3.8, 4) is 0 Å². The van der Waals surface area contributed by atoms with E-state index in [1.54, 1.807) is 11.0 Å². The van der Waals surface area contributed by atoms with Crippen LogP contribution in [0.2, 0.25) is 0 Å². The molecule has 0 radical (unpaired) electrons. The lowest BCUT2D eigenvalue weighted by molar-refractivity contribution is 0.0470. The number of carbonyl (C=O) groups excluding carboxylic acids is 2.